The van der Waals surface area contributed by atoms with E-state index in [4.69, 9.17) is 10.8 Å². The molecule has 0 aliphatic heterocycles. The lowest BCUT2D eigenvalue weighted by Crippen LogP contribution is -2.14. The Labute approximate surface area is 95.5 Å². The van der Waals surface area contributed by atoms with Crippen molar-refractivity contribution in [3.63, 3.8) is 0 Å². The fourth-order valence-electron chi connectivity index (χ4n) is 1.37. The van der Waals surface area contributed by atoms with Crippen LogP contribution < -0.4 is 11.1 Å². The molecule has 0 aromatic heterocycles. The lowest BCUT2D eigenvalue weighted by molar-refractivity contribution is 0.0698. The molecule has 0 heterocycles. The predicted octanol–water partition coefficient (Wildman–Crippen LogP) is 2.42. The molecule has 88 valence electrons. The molecule has 0 aliphatic rings. The van der Waals surface area contributed by atoms with E-state index < -0.39 is 5.97 Å². The van der Waals surface area contributed by atoms with Crippen LogP contribution in [0.5, 0.6) is 0 Å². The van der Waals surface area contributed by atoms with Crippen LogP contribution in [0, 0.1) is 5.92 Å². The van der Waals surface area contributed by atoms with Gasteiger partial charge in [0.1, 0.15) is 0 Å². The molecule has 1 rings (SSSR count). The number of aromatic carboxylic acids is 1. The zero-order chi connectivity index (χ0) is 12.1. The van der Waals surface area contributed by atoms with Crippen LogP contribution in [0.2, 0.25) is 0 Å². The van der Waals surface area contributed by atoms with E-state index in [0.717, 1.165) is 13.0 Å². The van der Waals surface area contributed by atoms with Gasteiger partial charge in [-0.3, -0.25) is 0 Å². The third-order valence-corrected chi connectivity index (χ3v) is 2.65. The zero-order valence-electron chi connectivity index (χ0n) is 9.66. The molecule has 0 spiro atoms. The Kier molecular flexibility index (Phi) is 4.17. The Morgan fingerprint density at radius 3 is 2.81 bits per heavy atom. The average Bonchev–Trinajstić information content (AvgIpc) is 2.26. The highest BCUT2D eigenvalue weighted by Gasteiger charge is 2.12. The van der Waals surface area contributed by atoms with E-state index in [9.17, 15) is 4.79 Å². The van der Waals surface area contributed by atoms with Gasteiger partial charge in [0, 0.05) is 6.54 Å². The summed E-state index contributed by atoms with van der Waals surface area (Å²) < 4.78 is 0. The number of carbonyl (C=O) groups is 1. The van der Waals surface area contributed by atoms with Crippen LogP contribution in [-0.2, 0) is 0 Å². The topological polar surface area (TPSA) is 75.3 Å². The maximum absolute atomic E-state index is 11.0. The highest BCUT2D eigenvalue weighted by Crippen LogP contribution is 2.23. The van der Waals surface area contributed by atoms with Crippen molar-refractivity contribution in [3.8, 4) is 0 Å². The van der Waals surface area contributed by atoms with Crippen molar-refractivity contribution < 1.29 is 9.90 Å². The van der Waals surface area contributed by atoms with Gasteiger partial charge in [0.25, 0.3) is 0 Å². The fourth-order valence-corrected chi connectivity index (χ4v) is 1.37. The van der Waals surface area contributed by atoms with Crippen molar-refractivity contribution in [2.75, 3.05) is 17.6 Å². The fraction of sp³-hybridized carbons (Fsp3) is 0.417. The Morgan fingerprint density at radius 1 is 1.56 bits per heavy atom. The normalized spacial score (nSPS) is 12.1. The van der Waals surface area contributed by atoms with Crippen molar-refractivity contribution in [3.05, 3.63) is 23.8 Å². The molecule has 0 radical (unpaired) electrons. The maximum atomic E-state index is 11.0. The van der Waals surface area contributed by atoms with E-state index in [1.807, 2.05) is 0 Å². The third kappa shape index (κ3) is 2.89. The number of hydrogen-bond acceptors (Lipinski definition) is 3. The second kappa shape index (κ2) is 5.39. The summed E-state index contributed by atoms with van der Waals surface area (Å²) in [7, 11) is 0. The molecular weight excluding hydrogens is 204 g/mol. The summed E-state index contributed by atoms with van der Waals surface area (Å²) >= 11 is 0. The smallest absolute Gasteiger partial charge is 0.337 e. The molecular formula is C12H18N2O2. The Balaban J connectivity index is 2.88. The van der Waals surface area contributed by atoms with Gasteiger partial charge in [-0.25, -0.2) is 4.79 Å². The second-order valence-corrected chi connectivity index (χ2v) is 3.97. The number of carboxylic acids is 1. The molecule has 0 bridgehead atoms. The van der Waals surface area contributed by atoms with E-state index in [1.54, 1.807) is 18.2 Å². The molecule has 1 unspecified atom stereocenters. The number of nitrogen functional groups attached to an aromatic ring is 1. The average molecular weight is 222 g/mol. The van der Waals surface area contributed by atoms with Crippen molar-refractivity contribution in [2.24, 2.45) is 5.92 Å². The minimum atomic E-state index is -0.959. The van der Waals surface area contributed by atoms with E-state index in [-0.39, 0.29) is 5.56 Å². The molecule has 0 amide bonds. The lowest BCUT2D eigenvalue weighted by Gasteiger charge is -2.15. The molecule has 1 aromatic carbocycles. The summed E-state index contributed by atoms with van der Waals surface area (Å²) in [6, 6.07) is 4.90. The van der Waals surface area contributed by atoms with Crippen LogP contribution in [0.25, 0.3) is 0 Å². The SMILES string of the molecule is CCC(C)CNc1c(N)cccc1C(=O)O. The van der Waals surface area contributed by atoms with Crippen molar-refractivity contribution in [2.45, 2.75) is 20.3 Å². The first-order chi connectivity index (χ1) is 7.56. The number of para-hydroxylation sites is 1. The standard InChI is InChI=1S/C12H18N2O2/c1-3-8(2)7-14-11-9(12(15)16)5-4-6-10(11)13/h4-6,8,14H,3,7,13H2,1-2H3,(H,15,16). The van der Waals surface area contributed by atoms with Crippen LogP contribution in [0.1, 0.15) is 30.6 Å². The zero-order valence-corrected chi connectivity index (χ0v) is 9.66. The number of anilines is 2. The van der Waals surface area contributed by atoms with Gasteiger partial charge in [-0.1, -0.05) is 26.3 Å². The molecule has 1 atom stereocenters. The minimum absolute atomic E-state index is 0.225. The van der Waals surface area contributed by atoms with Crippen LogP contribution in [0.4, 0.5) is 11.4 Å². The van der Waals surface area contributed by atoms with Gasteiger partial charge in [0.15, 0.2) is 0 Å². The second-order valence-electron chi connectivity index (χ2n) is 3.97. The van der Waals surface area contributed by atoms with E-state index in [1.165, 1.54) is 0 Å². The Hall–Kier alpha value is -1.71. The Morgan fingerprint density at radius 2 is 2.25 bits per heavy atom. The lowest BCUT2D eigenvalue weighted by atomic mass is 10.1. The Bertz CT molecular complexity index is 377. The van der Waals surface area contributed by atoms with E-state index in [0.29, 0.717) is 17.3 Å². The molecule has 4 heteroatoms. The molecule has 4 N–H and O–H groups in total. The highest BCUT2D eigenvalue weighted by atomic mass is 16.4. The summed E-state index contributed by atoms with van der Waals surface area (Å²) in [6.45, 7) is 4.93. The van der Waals surface area contributed by atoms with Crippen LogP contribution in [0.3, 0.4) is 0 Å². The first kappa shape index (κ1) is 12.4. The monoisotopic (exact) mass is 222 g/mol. The number of benzene rings is 1. The van der Waals surface area contributed by atoms with Gasteiger partial charge in [-0.05, 0) is 18.1 Å². The predicted molar refractivity (Wildman–Crippen MR) is 65.8 cm³/mol. The maximum Gasteiger partial charge on any atom is 0.337 e. The molecule has 16 heavy (non-hydrogen) atoms. The molecule has 0 saturated carbocycles. The van der Waals surface area contributed by atoms with Crippen LogP contribution in [-0.4, -0.2) is 17.6 Å². The number of rotatable bonds is 5. The molecule has 0 aliphatic carbocycles. The third-order valence-electron chi connectivity index (χ3n) is 2.65. The van der Waals surface area contributed by atoms with Crippen molar-refractivity contribution in [1.82, 2.24) is 0 Å². The van der Waals surface area contributed by atoms with Crippen LogP contribution >= 0.6 is 0 Å². The van der Waals surface area contributed by atoms with Gasteiger partial charge in [0.2, 0.25) is 0 Å². The summed E-state index contributed by atoms with van der Waals surface area (Å²) in [5.74, 6) is -0.472. The molecule has 4 nitrogen and oxygen atoms in total. The van der Waals surface area contributed by atoms with E-state index >= 15 is 0 Å². The van der Waals surface area contributed by atoms with Crippen molar-refractivity contribution in [1.29, 1.82) is 0 Å². The largest absolute Gasteiger partial charge is 0.478 e. The molecule has 0 saturated heterocycles. The molecule has 1 aromatic rings. The number of nitrogens with two attached hydrogens (primary N) is 1. The minimum Gasteiger partial charge on any atom is -0.478 e. The van der Waals surface area contributed by atoms with Gasteiger partial charge < -0.3 is 16.2 Å². The molecule has 0 fully saturated rings. The first-order valence-corrected chi connectivity index (χ1v) is 5.41. The number of carboxylic acid groups (broad SMARTS) is 1. The van der Waals surface area contributed by atoms with Crippen molar-refractivity contribution >= 4 is 17.3 Å². The summed E-state index contributed by atoms with van der Waals surface area (Å²) in [5.41, 5.74) is 6.98. The van der Waals surface area contributed by atoms with Gasteiger partial charge in [-0.15, -0.1) is 0 Å². The number of hydrogen-bond donors (Lipinski definition) is 3. The van der Waals surface area contributed by atoms with Gasteiger partial charge >= 0.3 is 5.97 Å². The first-order valence-electron chi connectivity index (χ1n) is 5.41. The van der Waals surface area contributed by atoms with Crippen LogP contribution in [0.15, 0.2) is 18.2 Å². The van der Waals surface area contributed by atoms with Gasteiger partial charge in [0.05, 0.1) is 16.9 Å². The van der Waals surface area contributed by atoms with E-state index in [2.05, 4.69) is 19.2 Å². The summed E-state index contributed by atoms with van der Waals surface area (Å²) in [5, 5.41) is 12.1. The highest BCUT2D eigenvalue weighted by molar-refractivity contribution is 5.97. The summed E-state index contributed by atoms with van der Waals surface area (Å²) in [4.78, 5) is 11.0. The summed E-state index contributed by atoms with van der Waals surface area (Å²) in [6.07, 6.45) is 1.04. The van der Waals surface area contributed by atoms with Gasteiger partial charge in [-0.2, -0.15) is 0 Å². The quantitative estimate of drug-likeness (QED) is 0.669. The number of nitrogens with one attached hydrogen (secondary N) is 1.